The molecule has 0 amide bonds. The first-order chi connectivity index (χ1) is 10.5. The Morgan fingerprint density at radius 3 is 2.43 bits per heavy atom. The van der Waals surface area contributed by atoms with E-state index < -0.39 is 8.32 Å². The first-order valence-electron chi connectivity index (χ1n) is 9.32. The molecule has 0 N–H and O–H groups in total. The highest BCUT2D eigenvalue weighted by Crippen LogP contribution is 2.43. The van der Waals surface area contributed by atoms with E-state index in [1.807, 2.05) is 0 Å². The maximum Gasteiger partial charge on any atom is 0.191 e. The Hall–Kier alpha value is -0.413. The summed E-state index contributed by atoms with van der Waals surface area (Å²) in [7, 11) is -1.63. The van der Waals surface area contributed by atoms with Crippen molar-refractivity contribution in [3.05, 3.63) is 12.2 Å². The van der Waals surface area contributed by atoms with Gasteiger partial charge in [0.1, 0.15) is 5.78 Å². The number of rotatable bonds is 8. The quantitative estimate of drug-likeness (QED) is 0.296. The van der Waals surface area contributed by atoms with Crippen LogP contribution in [0.4, 0.5) is 0 Å². The van der Waals surface area contributed by atoms with Crippen LogP contribution in [0.5, 0.6) is 0 Å². The van der Waals surface area contributed by atoms with Crippen molar-refractivity contribution in [2.45, 2.75) is 97.2 Å². The molecule has 1 saturated carbocycles. The summed E-state index contributed by atoms with van der Waals surface area (Å²) in [4.78, 5) is 12.5. The fourth-order valence-electron chi connectivity index (χ4n) is 3.38. The average Bonchev–Trinajstić information content (AvgIpc) is 2.39. The van der Waals surface area contributed by atoms with Crippen LogP contribution in [0, 0.1) is 5.41 Å². The topological polar surface area (TPSA) is 26.3 Å². The number of allylic oxidation sites excluding steroid dienone is 1. The molecule has 0 spiro atoms. The molecule has 0 radical (unpaired) electrons. The Kier molecular flexibility index (Phi) is 7.27. The minimum Gasteiger partial charge on any atom is -0.417 e. The second-order valence-electron chi connectivity index (χ2n) is 9.11. The van der Waals surface area contributed by atoms with Gasteiger partial charge in [-0.3, -0.25) is 4.79 Å². The summed E-state index contributed by atoms with van der Waals surface area (Å²) in [5.74, 6) is 0.483. The molecule has 1 fully saturated rings. The largest absolute Gasteiger partial charge is 0.417 e. The van der Waals surface area contributed by atoms with Gasteiger partial charge in [-0.2, -0.15) is 0 Å². The van der Waals surface area contributed by atoms with E-state index in [0.29, 0.717) is 5.78 Å². The van der Waals surface area contributed by atoms with Crippen molar-refractivity contribution in [1.82, 2.24) is 0 Å². The fourth-order valence-corrected chi connectivity index (χ4v) is 4.47. The standard InChI is InChI=1S/C20H38O2Si/c1-17(2)16-20(13-9-8-12-18(20)21)14-10-11-15-22-23(6,7)19(3,4)5/h1,8-16H2,2-7H3. The first-order valence-corrected chi connectivity index (χ1v) is 12.2. The SMILES string of the molecule is C=C(C)CC1(CCCCO[Si](C)(C)C(C)(C)C)CCCCC1=O. The summed E-state index contributed by atoms with van der Waals surface area (Å²) in [6.45, 7) is 18.4. The van der Waals surface area contributed by atoms with E-state index in [2.05, 4.69) is 47.4 Å². The predicted octanol–water partition coefficient (Wildman–Crippen LogP) is 6.27. The molecule has 0 aromatic rings. The number of ketones is 1. The van der Waals surface area contributed by atoms with Crippen LogP contribution in [0.2, 0.25) is 18.1 Å². The zero-order valence-corrected chi connectivity index (χ0v) is 17.4. The zero-order valence-electron chi connectivity index (χ0n) is 16.4. The Morgan fingerprint density at radius 2 is 1.91 bits per heavy atom. The Bertz CT molecular complexity index is 420. The molecule has 1 atom stereocenters. The van der Waals surface area contributed by atoms with Gasteiger partial charge in [-0.25, -0.2) is 0 Å². The first kappa shape index (κ1) is 20.6. The van der Waals surface area contributed by atoms with Gasteiger partial charge in [-0.1, -0.05) is 39.2 Å². The molecule has 0 saturated heterocycles. The van der Waals surface area contributed by atoms with Crippen molar-refractivity contribution in [3.63, 3.8) is 0 Å². The van der Waals surface area contributed by atoms with E-state index in [1.54, 1.807) is 0 Å². The molecule has 0 heterocycles. The van der Waals surface area contributed by atoms with Gasteiger partial charge in [0.05, 0.1) is 0 Å². The van der Waals surface area contributed by atoms with Gasteiger partial charge in [0, 0.05) is 18.4 Å². The van der Waals surface area contributed by atoms with E-state index >= 15 is 0 Å². The van der Waals surface area contributed by atoms with Crippen molar-refractivity contribution in [3.8, 4) is 0 Å². The van der Waals surface area contributed by atoms with Gasteiger partial charge in [0.25, 0.3) is 0 Å². The molecule has 1 unspecified atom stereocenters. The molecular formula is C20H38O2Si. The van der Waals surface area contributed by atoms with Crippen LogP contribution in [0.3, 0.4) is 0 Å². The maximum atomic E-state index is 12.5. The number of hydrogen-bond donors (Lipinski definition) is 0. The third kappa shape index (κ3) is 5.86. The molecular weight excluding hydrogens is 300 g/mol. The highest BCUT2D eigenvalue weighted by atomic mass is 28.4. The van der Waals surface area contributed by atoms with Crippen molar-refractivity contribution >= 4 is 14.1 Å². The second-order valence-corrected chi connectivity index (χ2v) is 13.9. The van der Waals surface area contributed by atoms with Crippen LogP contribution in [0.25, 0.3) is 0 Å². The molecule has 23 heavy (non-hydrogen) atoms. The predicted molar refractivity (Wildman–Crippen MR) is 102 cm³/mol. The third-order valence-electron chi connectivity index (χ3n) is 5.86. The monoisotopic (exact) mass is 338 g/mol. The van der Waals surface area contributed by atoms with Gasteiger partial charge >= 0.3 is 0 Å². The van der Waals surface area contributed by atoms with Gasteiger partial charge in [-0.05, 0) is 57.2 Å². The highest BCUT2D eigenvalue weighted by molar-refractivity contribution is 6.74. The molecule has 0 aromatic carbocycles. The second kappa shape index (κ2) is 8.11. The van der Waals surface area contributed by atoms with E-state index in [1.165, 1.54) is 6.42 Å². The summed E-state index contributed by atoms with van der Waals surface area (Å²) < 4.78 is 6.26. The van der Waals surface area contributed by atoms with Crippen molar-refractivity contribution in [2.24, 2.45) is 5.41 Å². The van der Waals surface area contributed by atoms with Gasteiger partial charge in [0.2, 0.25) is 0 Å². The molecule has 1 rings (SSSR count). The normalized spacial score (nSPS) is 23.1. The lowest BCUT2D eigenvalue weighted by Crippen LogP contribution is -2.41. The molecule has 0 bridgehead atoms. The molecule has 0 aliphatic heterocycles. The van der Waals surface area contributed by atoms with Gasteiger partial charge in [0.15, 0.2) is 8.32 Å². The van der Waals surface area contributed by atoms with E-state index in [-0.39, 0.29) is 10.5 Å². The number of Topliss-reactive ketones (excluding diaryl/α,β-unsaturated/α-hetero) is 1. The summed E-state index contributed by atoms with van der Waals surface area (Å²) in [5.41, 5.74) is 1.04. The number of unbranched alkanes of at least 4 members (excludes halogenated alkanes) is 1. The number of hydrogen-bond acceptors (Lipinski definition) is 2. The van der Waals surface area contributed by atoms with E-state index in [0.717, 1.165) is 57.1 Å². The van der Waals surface area contributed by atoms with Crippen LogP contribution in [-0.4, -0.2) is 20.7 Å². The lowest BCUT2D eigenvalue weighted by Gasteiger charge is -2.37. The van der Waals surface area contributed by atoms with Crippen LogP contribution < -0.4 is 0 Å². The lowest BCUT2D eigenvalue weighted by atomic mass is 9.67. The van der Waals surface area contributed by atoms with Gasteiger partial charge in [-0.15, -0.1) is 6.58 Å². The smallest absolute Gasteiger partial charge is 0.191 e. The van der Waals surface area contributed by atoms with Crippen LogP contribution in [0.1, 0.15) is 79.1 Å². The van der Waals surface area contributed by atoms with Crippen LogP contribution in [-0.2, 0) is 9.22 Å². The minimum absolute atomic E-state index is 0.110. The third-order valence-corrected chi connectivity index (χ3v) is 10.4. The molecule has 134 valence electrons. The molecule has 2 nitrogen and oxygen atoms in total. The Morgan fingerprint density at radius 1 is 1.26 bits per heavy atom. The summed E-state index contributed by atoms with van der Waals surface area (Å²) in [6.07, 6.45) is 8.15. The molecule has 0 aromatic heterocycles. The summed E-state index contributed by atoms with van der Waals surface area (Å²) in [6, 6.07) is 0. The van der Waals surface area contributed by atoms with Gasteiger partial charge < -0.3 is 4.43 Å². The minimum atomic E-state index is -1.63. The summed E-state index contributed by atoms with van der Waals surface area (Å²) >= 11 is 0. The van der Waals surface area contributed by atoms with Crippen molar-refractivity contribution in [2.75, 3.05) is 6.61 Å². The van der Waals surface area contributed by atoms with E-state index in [9.17, 15) is 4.79 Å². The number of carbonyl (C=O) groups excluding carboxylic acids is 1. The van der Waals surface area contributed by atoms with E-state index in [4.69, 9.17) is 4.43 Å². The highest BCUT2D eigenvalue weighted by Gasteiger charge is 2.39. The average molecular weight is 339 g/mol. The Labute approximate surface area is 145 Å². The Balaban J connectivity index is 2.48. The lowest BCUT2D eigenvalue weighted by molar-refractivity contribution is -0.132. The van der Waals surface area contributed by atoms with Crippen LogP contribution in [0.15, 0.2) is 12.2 Å². The van der Waals surface area contributed by atoms with Crippen LogP contribution >= 0.6 is 0 Å². The fraction of sp³-hybridized carbons (Fsp3) is 0.850. The zero-order chi connectivity index (χ0) is 17.7. The summed E-state index contributed by atoms with van der Waals surface area (Å²) in [5, 5.41) is 0.271. The van der Waals surface area contributed by atoms with Crippen molar-refractivity contribution < 1.29 is 9.22 Å². The molecule has 1 aliphatic carbocycles. The van der Waals surface area contributed by atoms with Crippen molar-refractivity contribution in [1.29, 1.82) is 0 Å². The number of carbonyl (C=O) groups is 1. The maximum absolute atomic E-state index is 12.5. The molecule has 3 heteroatoms. The molecule has 1 aliphatic rings.